The van der Waals surface area contributed by atoms with Crippen molar-refractivity contribution < 1.29 is 14.7 Å². The zero-order valence-electron chi connectivity index (χ0n) is 12.3. The molecule has 1 fully saturated rings. The summed E-state index contributed by atoms with van der Waals surface area (Å²) < 4.78 is 0. The summed E-state index contributed by atoms with van der Waals surface area (Å²) in [6.07, 6.45) is 0. The maximum Gasteiger partial charge on any atom is 0.307 e. The van der Waals surface area contributed by atoms with Crippen molar-refractivity contribution in [2.75, 3.05) is 0 Å². The molecule has 3 atom stereocenters. The van der Waals surface area contributed by atoms with E-state index in [-0.39, 0.29) is 11.9 Å². The van der Waals surface area contributed by atoms with Crippen LogP contribution in [-0.2, 0) is 9.59 Å². The van der Waals surface area contributed by atoms with E-state index in [0.29, 0.717) is 0 Å². The van der Waals surface area contributed by atoms with Crippen LogP contribution in [0.15, 0.2) is 24.3 Å². The van der Waals surface area contributed by atoms with Crippen LogP contribution in [0.4, 0.5) is 0 Å². The van der Waals surface area contributed by atoms with Crippen molar-refractivity contribution in [1.29, 1.82) is 0 Å². The van der Waals surface area contributed by atoms with E-state index < -0.39 is 23.2 Å². The van der Waals surface area contributed by atoms with E-state index in [0.717, 1.165) is 11.1 Å². The van der Waals surface area contributed by atoms with Crippen LogP contribution in [0.1, 0.15) is 37.9 Å². The van der Waals surface area contributed by atoms with E-state index in [4.69, 9.17) is 5.11 Å². The first kappa shape index (κ1) is 14.6. The lowest BCUT2D eigenvalue weighted by molar-refractivity contribution is -0.140. The minimum Gasteiger partial charge on any atom is -0.481 e. The van der Waals surface area contributed by atoms with Gasteiger partial charge in [0.1, 0.15) is 0 Å². The third kappa shape index (κ3) is 2.42. The molecule has 0 heterocycles. The number of aliphatic carboxylic acids is 1. The lowest BCUT2D eigenvalue weighted by Gasteiger charge is -2.17. The minimum absolute atomic E-state index is 0.116. The molecule has 0 bridgehead atoms. The molecule has 108 valence electrons. The summed E-state index contributed by atoms with van der Waals surface area (Å²) in [5.74, 6) is -2.07. The molecule has 0 saturated heterocycles. The highest BCUT2D eigenvalue weighted by molar-refractivity contribution is 5.91. The Kier molecular flexibility index (Phi) is 3.59. The molecule has 2 rings (SSSR count). The third-order valence-electron chi connectivity index (χ3n) is 4.39. The third-order valence-corrected chi connectivity index (χ3v) is 4.39. The molecule has 1 aromatic rings. The SMILES string of the molecule is Cc1ccccc1C(C)NC(=O)C1C(C(=O)O)C1(C)C. The van der Waals surface area contributed by atoms with E-state index in [1.54, 1.807) is 0 Å². The van der Waals surface area contributed by atoms with Gasteiger partial charge in [-0.25, -0.2) is 0 Å². The molecule has 0 radical (unpaired) electrons. The summed E-state index contributed by atoms with van der Waals surface area (Å²) in [7, 11) is 0. The summed E-state index contributed by atoms with van der Waals surface area (Å²) >= 11 is 0. The van der Waals surface area contributed by atoms with Gasteiger partial charge in [0.05, 0.1) is 17.9 Å². The molecule has 20 heavy (non-hydrogen) atoms. The number of carboxylic acids is 1. The number of carboxylic acid groups (broad SMARTS) is 1. The molecule has 4 heteroatoms. The molecule has 3 unspecified atom stereocenters. The number of carbonyl (C=O) groups excluding carboxylic acids is 1. The molecule has 4 nitrogen and oxygen atoms in total. The van der Waals surface area contributed by atoms with Gasteiger partial charge in [0.25, 0.3) is 0 Å². The van der Waals surface area contributed by atoms with Gasteiger partial charge in [0.2, 0.25) is 5.91 Å². The summed E-state index contributed by atoms with van der Waals surface area (Å²) in [5, 5.41) is 12.1. The monoisotopic (exact) mass is 275 g/mol. The van der Waals surface area contributed by atoms with E-state index in [2.05, 4.69) is 5.32 Å². The van der Waals surface area contributed by atoms with Crippen molar-refractivity contribution in [3.63, 3.8) is 0 Å². The van der Waals surface area contributed by atoms with Crippen molar-refractivity contribution in [2.45, 2.75) is 33.7 Å². The van der Waals surface area contributed by atoms with Crippen LogP contribution in [0.2, 0.25) is 0 Å². The Bertz CT molecular complexity index is 550. The number of rotatable bonds is 4. The van der Waals surface area contributed by atoms with Crippen molar-refractivity contribution >= 4 is 11.9 Å². The first-order valence-corrected chi connectivity index (χ1v) is 6.85. The number of hydrogen-bond donors (Lipinski definition) is 2. The Morgan fingerprint density at radius 2 is 1.85 bits per heavy atom. The van der Waals surface area contributed by atoms with Crippen LogP contribution in [0.3, 0.4) is 0 Å². The highest BCUT2D eigenvalue weighted by Gasteiger charge is 2.65. The van der Waals surface area contributed by atoms with Crippen LogP contribution in [0, 0.1) is 24.2 Å². The molecule has 0 aromatic heterocycles. The van der Waals surface area contributed by atoms with Crippen LogP contribution in [-0.4, -0.2) is 17.0 Å². The standard InChI is InChI=1S/C16H21NO3/c1-9-7-5-6-8-11(9)10(2)17-14(18)12-13(15(19)20)16(12,3)4/h5-8,10,12-13H,1-4H3,(H,17,18)(H,19,20). The molecule has 1 aliphatic rings. The normalized spacial score (nSPS) is 24.8. The molecule has 1 saturated carbocycles. The molecular weight excluding hydrogens is 254 g/mol. The van der Waals surface area contributed by atoms with Crippen molar-refractivity contribution in [3.8, 4) is 0 Å². The first-order valence-electron chi connectivity index (χ1n) is 6.85. The highest BCUT2D eigenvalue weighted by Crippen LogP contribution is 2.58. The number of nitrogens with one attached hydrogen (secondary N) is 1. The van der Waals surface area contributed by atoms with E-state index in [9.17, 15) is 9.59 Å². The predicted octanol–water partition coefficient (Wildman–Crippen LogP) is 2.53. The van der Waals surface area contributed by atoms with Gasteiger partial charge in [-0.15, -0.1) is 0 Å². The fourth-order valence-corrected chi connectivity index (χ4v) is 3.04. The molecular formula is C16H21NO3. The lowest BCUT2D eigenvalue weighted by atomic mass is 10.0. The number of aryl methyl sites for hydroxylation is 1. The maximum atomic E-state index is 12.3. The summed E-state index contributed by atoms with van der Waals surface area (Å²) in [6.45, 7) is 7.58. The molecule has 2 N–H and O–H groups in total. The zero-order chi connectivity index (χ0) is 15.1. The summed E-state index contributed by atoms with van der Waals surface area (Å²) in [5.41, 5.74) is 1.72. The topological polar surface area (TPSA) is 66.4 Å². The first-order chi connectivity index (χ1) is 9.26. The average Bonchev–Trinajstić information content (AvgIpc) is 2.93. The predicted molar refractivity (Wildman–Crippen MR) is 76.1 cm³/mol. The van der Waals surface area contributed by atoms with E-state index in [1.165, 1.54) is 0 Å². The fraction of sp³-hybridized carbons (Fsp3) is 0.500. The van der Waals surface area contributed by atoms with Gasteiger partial charge < -0.3 is 10.4 Å². The van der Waals surface area contributed by atoms with Crippen molar-refractivity contribution in [3.05, 3.63) is 35.4 Å². The Morgan fingerprint density at radius 3 is 2.35 bits per heavy atom. The molecule has 1 aromatic carbocycles. The minimum atomic E-state index is -0.890. The fourth-order valence-electron chi connectivity index (χ4n) is 3.04. The Morgan fingerprint density at radius 1 is 1.25 bits per heavy atom. The number of hydrogen-bond acceptors (Lipinski definition) is 2. The van der Waals surface area contributed by atoms with Gasteiger partial charge in [0.15, 0.2) is 0 Å². The average molecular weight is 275 g/mol. The van der Waals surface area contributed by atoms with Gasteiger partial charge in [-0.3, -0.25) is 9.59 Å². The molecule has 0 aliphatic heterocycles. The quantitative estimate of drug-likeness (QED) is 0.887. The summed E-state index contributed by atoms with van der Waals surface area (Å²) in [6, 6.07) is 7.75. The number of amides is 1. The second-order valence-electron chi connectivity index (χ2n) is 6.20. The number of carbonyl (C=O) groups is 2. The molecule has 0 spiro atoms. The lowest BCUT2D eigenvalue weighted by Crippen LogP contribution is -2.30. The van der Waals surface area contributed by atoms with Crippen LogP contribution in [0.5, 0.6) is 0 Å². The second kappa shape index (κ2) is 4.93. The zero-order valence-corrected chi connectivity index (χ0v) is 12.3. The molecule has 1 aliphatic carbocycles. The van der Waals surface area contributed by atoms with Crippen molar-refractivity contribution in [1.82, 2.24) is 5.32 Å². The highest BCUT2D eigenvalue weighted by atomic mass is 16.4. The van der Waals surface area contributed by atoms with Crippen LogP contribution >= 0.6 is 0 Å². The smallest absolute Gasteiger partial charge is 0.307 e. The van der Waals surface area contributed by atoms with Gasteiger partial charge in [-0.05, 0) is 30.4 Å². The summed E-state index contributed by atoms with van der Waals surface area (Å²) in [4.78, 5) is 23.4. The maximum absolute atomic E-state index is 12.3. The van der Waals surface area contributed by atoms with Gasteiger partial charge in [-0.2, -0.15) is 0 Å². The van der Waals surface area contributed by atoms with Gasteiger partial charge in [-0.1, -0.05) is 38.1 Å². The van der Waals surface area contributed by atoms with Crippen LogP contribution in [0.25, 0.3) is 0 Å². The van der Waals surface area contributed by atoms with E-state index >= 15 is 0 Å². The molecule has 1 amide bonds. The van der Waals surface area contributed by atoms with E-state index in [1.807, 2.05) is 52.0 Å². The largest absolute Gasteiger partial charge is 0.481 e. The second-order valence-corrected chi connectivity index (χ2v) is 6.20. The van der Waals surface area contributed by atoms with Crippen molar-refractivity contribution in [2.24, 2.45) is 17.3 Å². The van der Waals surface area contributed by atoms with Crippen LogP contribution < -0.4 is 5.32 Å². The Balaban J connectivity index is 2.07. The van der Waals surface area contributed by atoms with Gasteiger partial charge in [0, 0.05) is 0 Å². The Hall–Kier alpha value is -1.84. The van der Waals surface area contributed by atoms with Gasteiger partial charge >= 0.3 is 5.97 Å². The number of benzene rings is 1. The Labute approximate surface area is 119 Å².